The number of aromatic nitrogens is 3. The summed E-state index contributed by atoms with van der Waals surface area (Å²) >= 11 is 0. The molecule has 0 bridgehead atoms. The molecule has 102 valence electrons. The molecule has 0 fully saturated rings. The Labute approximate surface area is 118 Å². The molecule has 20 heavy (non-hydrogen) atoms. The molecule has 2 aromatic heterocycles. The van der Waals surface area contributed by atoms with Crippen LogP contribution in [0.25, 0.3) is 16.9 Å². The van der Waals surface area contributed by atoms with Crippen molar-refractivity contribution in [1.82, 2.24) is 14.6 Å². The summed E-state index contributed by atoms with van der Waals surface area (Å²) in [5, 5.41) is 4.72. The first-order chi connectivity index (χ1) is 9.69. The molecule has 0 saturated heterocycles. The predicted octanol–water partition coefficient (Wildman–Crippen LogP) is 2.51. The molecule has 0 unspecified atom stereocenters. The van der Waals surface area contributed by atoms with Crippen molar-refractivity contribution in [3.8, 4) is 11.3 Å². The Morgan fingerprint density at radius 2 is 2.00 bits per heavy atom. The van der Waals surface area contributed by atoms with E-state index in [0.717, 1.165) is 23.5 Å². The molecule has 3 aromatic rings. The number of benzene rings is 1. The molecule has 0 saturated carbocycles. The Hall–Kier alpha value is -2.20. The number of imidazole rings is 1. The highest BCUT2D eigenvalue weighted by atomic mass is 15.3. The molecular formula is C16H18N4. The van der Waals surface area contributed by atoms with Crippen molar-refractivity contribution in [1.29, 1.82) is 0 Å². The number of hydrogen-bond acceptors (Lipinski definition) is 3. The average Bonchev–Trinajstić information content (AvgIpc) is 2.84. The molecule has 0 spiro atoms. The zero-order valence-electron chi connectivity index (χ0n) is 11.8. The summed E-state index contributed by atoms with van der Waals surface area (Å²) < 4.78 is 1.89. The summed E-state index contributed by atoms with van der Waals surface area (Å²) in [4.78, 5) is 4.36. The molecule has 0 atom stereocenters. The maximum absolute atomic E-state index is 5.64. The van der Waals surface area contributed by atoms with Crippen LogP contribution in [0.4, 0.5) is 0 Å². The summed E-state index contributed by atoms with van der Waals surface area (Å²) in [7, 11) is 0. The van der Waals surface area contributed by atoms with Crippen LogP contribution in [-0.4, -0.2) is 21.1 Å². The summed E-state index contributed by atoms with van der Waals surface area (Å²) in [5.74, 6) is 0. The second-order valence-corrected chi connectivity index (χ2v) is 5.10. The predicted molar refractivity (Wildman–Crippen MR) is 80.7 cm³/mol. The van der Waals surface area contributed by atoms with E-state index in [1.165, 1.54) is 16.7 Å². The van der Waals surface area contributed by atoms with Crippen LogP contribution in [0.1, 0.15) is 16.8 Å². The van der Waals surface area contributed by atoms with Crippen LogP contribution < -0.4 is 5.73 Å². The van der Waals surface area contributed by atoms with Crippen LogP contribution in [0, 0.1) is 13.8 Å². The summed E-state index contributed by atoms with van der Waals surface area (Å²) in [6.45, 7) is 4.80. The van der Waals surface area contributed by atoms with E-state index >= 15 is 0 Å². The molecule has 4 heteroatoms. The Kier molecular flexibility index (Phi) is 3.24. The summed E-state index contributed by atoms with van der Waals surface area (Å²) in [6.07, 6.45) is 2.63. The summed E-state index contributed by atoms with van der Waals surface area (Å²) in [5.41, 5.74) is 12.1. The lowest BCUT2D eigenvalue weighted by Crippen LogP contribution is -2.07. The van der Waals surface area contributed by atoms with Crippen molar-refractivity contribution >= 4 is 5.65 Å². The number of nitrogens with two attached hydrogens (primary N) is 1. The van der Waals surface area contributed by atoms with Crippen molar-refractivity contribution in [2.24, 2.45) is 5.73 Å². The Morgan fingerprint density at radius 1 is 1.15 bits per heavy atom. The monoisotopic (exact) mass is 266 g/mol. The highest BCUT2D eigenvalue weighted by Crippen LogP contribution is 2.23. The smallest absolute Gasteiger partial charge is 0.153 e. The first kappa shape index (κ1) is 12.8. The average molecular weight is 266 g/mol. The van der Waals surface area contributed by atoms with Crippen LogP contribution in [0.15, 0.2) is 36.5 Å². The lowest BCUT2D eigenvalue weighted by atomic mass is 10.0. The maximum Gasteiger partial charge on any atom is 0.153 e. The van der Waals surface area contributed by atoms with E-state index in [4.69, 9.17) is 10.8 Å². The van der Waals surface area contributed by atoms with Crippen molar-refractivity contribution in [2.75, 3.05) is 6.54 Å². The molecule has 0 aliphatic heterocycles. The van der Waals surface area contributed by atoms with Crippen LogP contribution in [0.3, 0.4) is 0 Å². The van der Waals surface area contributed by atoms with E-state index in [9.17, 15) is 0 Å². The topological polar surface area (TPSA) is 56.2 Å². The SMILES string of the molecule is Cc1ccc(C)c(-c2ccc3ncc(CCN)n3n2)c1. The highest BCUT2D eigenvalue weighted by molar-refractivity contribution is 5.65. The van der Waals surface area contributed by atoms with Gasteiger partial charge >= 0.3 is 0 Å². The zero-order chi connectivity index (χ0) is 14.1. The van der Waals surface area contributed by atoms with Crippen LogP contribution >= 0.6 is 0 Å². The fourth-order valence-corrected chi connectivity index (χ4v) is 2.39. The van der Waals surface area contributed by atoms with Crippen molar-refractivity contribution < 1.29 is 0 Å². The molecule has 3 rings (SSSR count). The van der Waals surface area contributed by atoms with Crippen LogP contribution in [-0.2, 0) is 6.42 Å². The Morgan fingerprint density at radius 3 is 2.80 bits per heavy atom. The van der Waals surface area contributed by atoms with Gasteiger partial charge in [0, 0.05) is 12.0 Å². The van der Waals surface area contributed by atoms with Crippen LogP contribution in [0.2, 0.25) is 0 Å². The fourth-order valence-electron chi connectivity index (χ4n) is 2.39. The second-order valence-electron chi connectivity index (χ2n) is 5.10. The molecule has 0 amide bonds. The molecule has 0 aliphatic rings. The molecule has 2 heterocycles. The standard InChI is InChI=1S/C16H18N4/c1-11-3-4-12(2)14(9-11)15-5-6-16-18-10-13(7-8-17)20(16)19-15/h3-6,9-10H,7-8,17H2,1-2H3. The van der Waals surface area contributed by atoms with Crippen molar-refractivity contribution in [3.63, 3.8) is 0 Å². The van der Waals surface area contributed by atoms with Gasteiger partial charge in [0.25, 0.3) is 0 Å². The van der Waals surface area contributed by atoms with E-state index in [0.29, 0.717) is 6.54 Å². The number of nitrogens with zero attached hydrogens (tertiary/aromatic N) is 3. The molecular weight excluding hydrogens is 248 g/mol. The quantitative estimate of drug-likeness (QED) is 0.792. The Bertz CT molecular complexity index is 758. The lowest BCUT2D eigenvalue weighted by molar-refractivity contribution is 0.829. The van der Waals surface area contributed by atoms with E-state index in [1.54, 1.807) is 0 Å². The summed E-state index contributed by atoms with van der Waals surface area (Å²) in [6, 6.07) is 10.4. The van der Waals surface area contributed by atoms with E-state index in [-0.39, 0.29) is 0 Å². The number of rotatable bonds is 3. The van der Waals surface area contributed by atoms with E-state index in [2.05, 4.69) is 37.0 Å². The van der Waals surface area contributed by atoms with Gasteiger partial charge in [-0.3, -0.25) is 0 Å². The first-order valence-corrected chi connectivity index (χ1v) is 6.80. The zero-order valence-corrected chi connectivity index (χ0v) is 11.8. The minimum absolute atomic E-state index is 0.600. The van der Waals surface area contributed by atoms with Gasteiger partial charge < -0.3 is 5.73 Å². The largest absolute Gasteiger partial charge is 0.330 e. The first-order valence-electron chi connectivity index (χ1n) is 6.80. The van der Waals surface area contributed by atoms with Gasteiger partial charge in [0.1, 0.15) is 0 Å². The molecule has 2 N–H and O–H groups in total. The normalized spacial score (nSPS) is 11.2. The van der Waals surface area contributed by atoms with Crippen molar-refractivity contribution in [2.45, 2.75) is 20.3 Å². The molecule has 0 radical (unpaired) electrons. The maximum atomic E-state index is 5.64. The minimum Gasteiger partial charge on any atom is -0.330 e. The minimum atomic E-state index is 0.600. The molecule has 4 nitrogen and oxygen atoms in total. The van der Waals surface area contributed by atoms with Gasteiger partial charge in [0.05, 0.1) is 17.6 Å². The van der Waals surface area contributed by atoms with Crippen LogP contribution in [0.5, 0.6) is 0 Å². The highest BCUT2D eigenvalue weighted by Gasteiger charge is 2.08. The third-order valence-electron chi connectivity index (χ3n) is 3.50. The molecule has 1 aromatic carbocycles. The fraction of sp³-hybridized carbons (Fsp3) is 0.250. The van der Waals surface area contributed by atoms with E-state index < -0.39 is 0 Å². The van der Waals surface area contributed by atoms with Gasteiger partial charge in [-0.1, -0.05) is 17.7 Å². The lowest BCUT2D eigenvalue weighted by Gasteiger charge is -2.08. The van der Waals surface area contributed by atoms with Gasteiger partial charge in [-0.25, -0.2) is 9.50 Å². The third kappa shape index (κ3) is 2.18. The third-order valence-corrected chi connectivity index (χ3v) is 3.50. The Balaban J connectivity index is 2.16. The number of hydrogen-bond donors (Lipinski definition) is 1. The van der Waals surface area contributed by atoms with Crippen molar-refractivity contribution in [3.05, 3.63) is 53.3 Å². The van der Waals surface area contributed by atoms with Gasteiger partial charge in [-0.15, -0.1) is 0 Å². The number of aryl methyl sites for hydroxylation is 2. The second kappa shape index (κ2) is 5.06. The number of fused-ring (bicyclic) bond motifs is 1. The van der Waals surface area contributed by atoms with E-state index in [1.807, 2.05) is 22.8 Å². The van der Waals surface area contributed by atoms with Gasteiger partial charge in [-0.2, -0.15) is 5.10 Å². The molecule has 0 aliphatic carbocycles. The van der Waals surface area contributed by atoms with Gasteiger partial charge in [0.2, 0.25) is 0 Å². The van der Waals surface area contributed by atoms with Gasteiger partial charge in [0.15, 0.2) is 5.65 Å². The van der Waals surface area contributed by atoms with Gasteiger partial charge in [-0.05, 0) is 44.2 Å².